The van der Waals surface area contributed by atoms with E-state index in [9.17, 15) is 8.42 Å². The molecule has 1 aromatic heterocycles. The Morgan fingerprint density at radius 2 is 1.73 bits per heavy atom. The molecule has 26 heavy (non-hydrogen) atoms. The van der Waals surface area contributed by atoms with Crippen LogP contribution < -0.4 is 4.74 Å². The Bertz CT molecular complexity index is 1000. The van der Waals surface area contributed by atoms with E-state index in [2.05, 4.69) is 4.98 Å². The Labute approximate surface area is 157 Å². The van der Waals surface area contributed by atoms with Gasteiger partial charge in [-0.3, -0.25) is 4.98 Å². The number of aromatic nitrogens is 1. The Kier molecular flexibility index (Phi) is 4.70. The number of fused-ring (bicyclic) bond motifs is 1. The molecule has 1 atom stereocenters. The average Bonchev–Trinajstić information content (AvgIpc) is 2.93. The van der Waals surface area contributed by atoms with Gasteiger partial charge < -0.3 is 4.74 Å². The topological polar surface area (TPSA) is 56.3 Å². The molecule has 0 aliphatic carbocycles. The number of nitrogens with zero attached hydrogens (tertiary/aromatic N) is 1. The minimum absolute atomic E-state index is 0.0696. The standard InChI is InChI=1S/C20H17NO3S2/c22-26(23)14-19(18-3-1-2-4-20(18)26)25-17-7-5-16(6-8-17)24-13-15-9-11-21-12-10-15/h1-12,19H,13-14H2. The maximum absolute atomic E-state index is 12.3. The molecule has 0 N–H and O–H groups in total. The highest BCUT2D eigenvalue weighted by atomic mass is 32.2. The molecule has 132 valence electrons. The van der Waals surface area contributed by atoms with Crippen LogP contribution in [-0.4, -0.2) is 19.2 Å². The van der Waals surface area contributed by atoms with Crippen LogP contribution in [0.3, 0.4) is 0 Å². The van der Waals surface area contributed by atoms with E-state index < -0.39 is 9.84 Å². The average molecular weight is 383 g/mol. The van der Waals surface area contributed by atoms with Crippen LogP contribution in [0.4, 0.5) is 0 Å². The summed E-state index contributed by atoms with van der Waals surface area (Å²) in [5.74, 6) is 0.933. The largest absolute Gasteiger partial charge is 0.489 e. The molecule has 2 aromatic carbocycles. The van der Waals surface area contributed by atoms with Gasteiger partial charge in [-0.25, -0.2) is 8.42 Å². The summed E-state index contributed by atoms with van der Waals surface area (Å²) in [7, 11) is -3.17. The van der Waals surface area contributed by atoms with E-state index in [0.717, 1.165) is 21.8 Å². The molecule has 2 heterocycles. The fourth-order valence-electron chi connectivity index (χ4n) is 2.93. The van der Waals surface area contributed by atoms with E-state index in [0.29, 0.717) is 11.5 Å². The molecule has 6 heteroatoms. The molecule has 1 aliphatic heterocycles. The van der Waals surface area contributed by atoms with Crippen LogP contribution in [0.25, 0.3) is 0 Å². The second-order valence-electron chi connectivity index (χ2n) is 6.04. The van der Waals surface area contributed by atoms with Crippen LogP contribution in [-0.2, 0) is 16.4 Å². The van der Waals surface area contributed by atoms with Gasteiger partial charge in [0.15, 0.2) is 9.84 Å². The fourth-order valence-corrected chi connectivity index (χ4v) is 6.38. The summed E-state index contributed by atoms with van der Waals surface area (Å²) in [6.45, 7) is 0.489. The molecular weight excluding hydrogens is 366 g/mol. The minimum Gasteiger partial charge on any atom is -0.489 e. The lowest BCUT2D eigenvalue weighted by Gasteiger charge is -2.11. The van der Waals surface area contributed by atoms with Crippen molar-refractivity contribution in [1.29, 1.82) is 0 Å². The van der Waals surface area contributed by atoms with E-state index in [-0.39, 0.29) is 11.0 Å². The van der Waals surface area contributed by atoms with Crippen molar-refractivity contribution in [3.63, 3.8) is 0 Å². The van der Waals surface area contributed by atoms with E-state index in [1.54, 1.807) is 36.3 Å². The summed E-state index contributed by atoms with van der Waals surface area (Å²) in [4.78, 5) is 5.48. The summed E-state index contributed by atoms with van der Waals surface area (Å²) in [5, 5.41) is -0.0696. The third-order valence-corrected chi connectivity index (χ3v) is 7.50. The molecule has 4 nitrogen and oxygen atoms in total. The van der Waals surface area contributed by atoms with Crippen molar-refractivity contribution in [2.45, 2.75) is 21.6 Å². The summed E-state index contributed by atoms with van der Waals surface area (Å²) in [5.41, 5.74) is 1.96. The Hall–Kier alpha value is -2.31. The van der Waals surface area contributed by atoms with Crippen LogP contribution in [0.15, 0.2) is 82.8 Å². The van der Waals surface area contributed by atoms with Crippen molar-refractivity contribution in [2.75, 3.05) is 5.75 Å². The third kappa shape index (κ3) is 3.61. The molecule has 0 amide bonds. The van der Waals surface area contributed by atoms with Crippen molar-refractivity contribution in [1.82, 2.24) is 4.98 Å². The summed E-state index contributed by atoms with van der Waals surface area (Å²) in [6, 6.07) is 18.9. The van der Waals surface area contributed by atoms with Crippen molar-refractivity contribution in [2.24, 2.45) is 0 Å². The van der Waals surface area contributed by atoms with Crippen molar-refractivity contribution < 1.29 is 13.2 Å². The number of hydrogen-bond donors (Lipinski definition) is 0. The zero-order chi connectivity index (χ0) is 18.0. The van der Waals surface area contributed by atoms with Gasteiger partial charge in [0.25, 0.3) is 0 Å². The number of sulfone groups is 1. The maximum atomic E-state index is 12.3. The molecule has 0 saturated heterocycles. The predicted octanol–water partition coefficient (Wildman–Crippen LogP) is 4.28. The van der Waals surface area contributed by atoms with Gasteiger partial charge >= 0.3 is 0 Å². The summed E-state index contributed by atoms with van der Waals surface area (Å²) < 4.78 is 30.4. The van der Waals surface area contributed by atoms with Gasteiger partial charge in [-0.05, 0) is 53.6 Å². The van der Waals surface area contributed by atoms with Gasteiger partial charge in [0.2, 0.25) is 0 Å². The molecule has 4 rings (SSSR count). The Morgan fingerprint density at radius 1 is 1.00 bits per heavy atom. The van der Waals surface area contributed by atoms with Gasteiger partial charge in [-0.2, -0.15) is 0 Å². The van der Waals surface area contributed by atoms with Crippen LogP contribution in [0.2, 0.25) is 0 Å². The lowest BCUT2D eigenvalue weighted by Crippen LogP contribution is -2.01. The number of rotatable bonds is 5. The summed E-state index contributed by atoms with van der Waals surface area (Å²) >= 11 is 1.58. The molecule has 0 bridgehead atoms. The number of benzene rings is 2. The third-order valence-electron chi connectivity index (χ3n) is 4.23. The Morgan fingerprint density at radius 3 is 2.50 bits per heavy atom. The highest BCUT2D eigenvalue weighted by Crippen LogP contribution is 2.44. The Balaban J connectivity index is 1.44. The lowest BCUT2D eigenvalue weighted by molar-refractivity contribution is 0.306. The second-order valence-corrected chi connectivity index (χ2v) is 9.32. The van der Waals surface area contributed by atoms with Gasteiger partial charge in [0.1, 0.15) is 12.4 Å². The highest BCUT2D eigenvalue weighted by Gasteiger charge is 2.34. The monoisotopic (exact) mass is 383 g/mol. The van der Waals surface area contributed by atoms with Crippen molar-refractivity contribution in [3.05, 3.63) is 84.2 Å². The van der Waals surface area contributed by atoms with Crippen molar-refractivity contribution >= 4 is 21.6 Å². The fraction of sp³-hybridized carbons (Fsp3) is 0.150. The highest BCUT2D eigenvalue weighted by molar-refractivity contribution is 8.01. The molecule has 0 radical (unpaired) electrons. The van der Waals surface area contributed by atoms with Gasteiger partial charge in [-0.1, -0.05) is 18.2 Å². The molecule has 3 aromatic rings. The number of hydrogen-bond acceptors (Lipinski definition) is 5. The van der Waals surface area contributed by atoms with Gasteiger partial charge in [-0.15, -0.1) is 11.8 Å². The molecule has 0 spiro atoms. The molecule has 0 saturated carbocycles. The smallest absolute Gasteiger partial charge is 0.180 e. The van der Waals surface area contributed by atoms with Crippen LogP contribution in [0.5, 0.6) is 5.75 Å². The first-order chi connectivity index (χ1) is 12.6. The molecule has 1 unspecified atom stereocenters. The maximum Gasteiger partial charge on any atom is 0.180 e. The summed E-state index contributed by atoms with van der Waals surface area (Å²) in [6.07, 6.45) is 3.48. The molecular formula is C20H17NO3S2. The minimum atomic E-state index is -3.17. The number of pyridine rings is 1. The lowest BCUT2D eigenvalue weighted by atomic mass is 10.2. The van der Waals surface area contributed by atoms with Gasteiger partial charge in [0.05, 0.1) is 15.9 Å². The van der Waals surface area contributed by atoms with Crippen molar-refractivity contribution in [3.8, 4) is 5.75 Å². The van der Waals surface area contributed by atoms with E-state index >= 15 is 0 Å². The first-order valence-electron chi connectivity index (χ1n) is 8.22. The van der Waals surface area contributed by atoms with E-state index in [1.165, 1.54) is 0 Å². The molecule has 0 fully saturated rings. The van der Waals surface area contributed by atoms with Gasteiger partial charge in [0, 0.05) is 17.3 Å². The van der Waals surface area contributed by atoms with E-state index in [4.69, 9.17) is 4.74 Å². The zero-order valence-electron chi connectivity index (χ0n) is 13.9. The van der Waals surface area contributed by atoms with Crippen LogP contribution >= 0.6 is 11.8 Å². The van der Waals surface area contributed by atoms with Crippen LogP contribution in [0.1, 0.15) is 16.4 Å². The predicted molar refractivity (Wildman–Crippen MR) is 102 cm³/mol. The number of thioether (sulfide) groups is 1. The molecule has 1 aliphatic rings. The number of ether oxygens (including phenoxy) is 1. The second kappa shape index (κ2) is 7.13. The normalized spacial score (nSPS) is 17.6. The first-order valence-corrected chi connectivity index (χ1v) is 10.8. The zero-order valence-corrected chi connectivity index (χ0v) is 15.5. The van der Waals surface area contributed by atoms with Crippen LogP contribution in [0, 0.1) is 0 Å². The van der Waals surface area contributed by atoms with E-state index in [1.807, 2.05) is 48.5 Å². The SMILES string of the molecule is O=S1(=O)CC(Sc2ccc(OCc3ccncc3)cc2)c2ccccc21. The first kappa shape index (κ1) is 17.1. The quantitative estimate of drug-likeness (QED) is 0.658.